The van der Waals surface area contributed by atoms with Crippen molar-refractivity contribution in [2.45, 2.75) is 32.2 Å². The van der Waals surface area contributed by atoms with Gasteiger partial charge in [-0.3, -0.25) is 4.79 Å². The Labute approximate surface area is 103 Å². The third kappa shape index (κ3) is 2.50. The minimum absolute atomic E-state index is 0.0744. The predicted octanol–water partition coefficient (Wildman–Crippen LogP) is 2.03. The van der Waals surface area contributed by atoms with Gasteiger partial charge in [-0.15, -0.1) is 0 Å². The fourth-order valence-corrected chi connectivity index (χ4v) is 2.42. The van der Waals surface area contributed by atoms with Crippen LogP contribution in [0.1, 0.15) is 47.3 Å². The Morgan fingerprint density at radius 3 is 3.00 bits per heavy atom. The second-order valence-electron chi connectivity index (χ2n) is 4.53. The van der Waals surface area contributed by atoms with Crippen molar-refractivity contribution in [1.29, 1.82) is 0 Å². The molecule has 0 fully saturated rings. The van der Waals surface area contributed by atoms with Crippen LogP contribution < -0.4 is 10.6 Å². The molecule has 1 aromatic rings. The van der Waals surface area contributed by atoms with Gasteiger partial charge in [0.1, 0.15) is 0 Å². The molecule has 1 aliphatic heterocycles. The van der Waals surface area contributed by atoms with Crippen molar-refractivity contribution in [3.63, 3.8) is 0 Å². The van der Waals surface area contributed by atoms with Gasteiger partial charge in [0.15, 0.2) is 0 Å². The molecule has 92 valence electrons. The van der Waals surface area contributed by atoms with E-state index in [9.17, 15) is 4.79 Å². The van der Waals surface area contributed by atoms with Crippen molar-refractivity contribution < 1.29 is 4.79 Å². The summed E-state index contributed by atoms with van der Waals surface area (Å²) in [5.74, 6) is 0.0744. The summed E-state index contributed by atoms with van der Waals surface area (Å²) in [6.07, 6.45) is 3.04. The summed E-state index contributed by atoms with van der Waals surface area (Å²) in [5.41, 5.74) is 3.23. The number of amides is 1. The molecule has 2 N–H and O–H groups in total. The van der Waals surface area contributed by atoms with Gasteiger partial charge in [0.05, 0.1) is 0 Å². The van der Waals surface area contributed by atoms with Crippen molar-refractivity contribution in [2.24, 2.45) is 0 Å². The lowest BCUT2D eigenvalue weighted by atomic mass is 9.96. The van der Waals surface area contributed by atoms with E-state index in [4.69, 9.17) is 0 Å². The zero-order valence-corrected chi connectivity index (χ0v) is 10.5. The smallest absolute Gasteiger partial charge is 0.251 e. The molecule has 1 aromatic carbocycles. The third-order valence-corrected chi connectivity index (χ3v) is 3.45. The van der Waals surface area contributed by atoms with Gasteiger partial charge < -0.3 is 10.6 Å². The monoisotopic (exact) mass is 232 g/mol. The average Bonchev–Trinajstić information content (AvgIpc) is 2.53. The van der Waals surface area contributed by atoms with Crippen molar-refractivity contribution >= 4 is 5.91 Å². The molecule has 3 heteroatoms. The van der Waals surface area contributed by atoms with E-state index in [-0.39, 0.29) is 5.91 Å². The molecule has 0 radical (unpaired) electrons. The fourth-order valence-electron chi connectivity index (χ4n) is 2.42. The van der Waals surface area contributed by atoms with Crippen LogP contribution in [0.15, 0.2) is 18.2 Å². The number of carbonyl (C=O) groups excluding carboxylic acids is 1. The molecule has 1 unspecified atom stereocenters. The van der Waals surface area contributed by atoms with Gasteiger partial charge in [-0.25, -0.2) is 0 Å². The van der Waals surface area contributed by atoms with E-state index < -0.39 is 0 Å². The summed E-state index contributed by atoms with van der Waals surface area (Å²) in [7, 11) is 1.96. The van der Waals surface area contributed by atoms with Crippen molar-refractivity contribution in [3.05, 3.63) is 34.9 Å². The third-order valence-electron chi connectivity index (χ3n) is 3.45. The number of aryl methyl sites for hydroxylation is 1. The number of hydrogen-bond donors (Lipinski definition) is 2. The lowest BCUT2D eigenvalue weighted by molar-refractivity contribution is 0.0956. The zero-order chi connectivity index (χ0) is 12.3. The minimum atomic E-state index is 0.0744. The van der Waals surface area contributed by atoms with Crippen LogP contribution in [0, 0.1) is 0 Å². The average molecular weight is 232 g/mol. The van der Waals surface area contributed by atoms with Gasteiger partial charge in [-0.05, 0) is 43.5 Å². The van der Waals surface area contributed by atoms with Crippen LogP contribution in [0.4, 0.5) is 0 Å². The molecule has 0 aliphatic carbocycles. The summed E-state index contributed by atoms with van der Waals surface area (Å²) in [4.78, 5) is 11.9. The van der Waals surface area contributed by atoms with Crippen LogP contribution in [0.3, 0.4) is 0 Å². The maximum atomic E-state index is 11.9. The van der Waals surface area contributed by atoms with E-state index in [2.05, 4.69) is 29.7 Å². The second-order valence-corrected chi connectivity index (χ2v) is 4.53. The molecule has 3 nitrogen and oxygen atoms in total. The van der Waals surface area contributed by atoms with Gasteiger partial charge in [-0.1, -0.05) is 19.1 Å². The van der Waals surface area contributed by atoms with Gasteiger partial charge in [0.25, 0.3) is 5.91 Å². The SMILES string of the molecule is CCC(NC)c1ccc2c(c1)C(=O)NCCC2. The highest BCUT2D eigenvalue weighted by molar-refractivity contribution is 5.96. The topological polar surface area (TPSA) is 41.1 Å². The molecule has 0 spiro atoms. The number of carbonyl (C=O) groups is 1. The Balaban J connectivity index is 2.37. The number of hydrogen-bond acceptors (Lipinski definition) is 2. The number of rotatable bonds is 3. The van der Waals surface area contributed by atoms with Crippen LogP contribution in [0.2, 0.25) is 0 Å². The summed E-state index contributed by atoms with van der Waals surface area (Å²) < 4.78 is 0. The van der Waals surface area contributed by atoms with Crippen LogP contribution in [-0.2, 0) is 6.42 Å². The van der Waals surface area contributed by atoms with Gasteiger partial charge >= 0.3 is 0 Å². The van der Waals surface area contributed by atoms with E-state index in [1.54, 1.807) is 0 Å². The summed E-state index contributed by atoms with van der Waals surface area (Å²) >= 11 is 0. The van der Waals surface area contributed by atoms with Crippen LogP contribution in [-0.4, -0.2) is 19.5 Å². The van der Waals surface area contributed by atoms with E-state index in [1.165, 1.54) is 11.1 Å². The first-order valence-electron chi connectivity index (χ1n) is 6.34. The Morgan fingerprint density at radius 2 is 2.29 bits per heavy atom. The Bertz CT molecular complexity index is 411. The van der Waals surface area contributed by atoms with Crippen LogP contribution in [0.25, 0.3) is 0 Å². The Kier molecular flexibility index (Phi) is 3.79. The molecule has 1 amide bonds. The Morgan fingerprint density at radius 1 is 1.47 bits per heavy atom. The number of benzene rings is 1. The van der Waals surface area contributed by atoms with E-state index in [0.29, 0.717) is 6.04 Å². The first kappa shape index (κ1) is 12.1. The highest BCUT2D eigenvalue weighted by Crippen LogP contribution is 2.22. The van der Waals surface area contributed by atoms with E-state index >= 15 is 0 Å². The van der Waals surface area contributed by atoms with Crippen molar-refractivity contribution in [1.82, 2.24) is 10.6 Å². The van der Waals surface area contributed by atoms with Crippen LogP contribution in [0.5, 0.6) is 0 Å². The highest BCUT2D eigenvalue weighted by Gasteiger charge is 2.17. The lowest BCUT2D eigenvalue weighted by Crippen LogP contribution is -2.23. The standard InChI is InChI=1S/C14H20N2O/c1-3-13(15-2)11-7-6-10-5-4-8-16-14(17)12(10)9-11/h6-7,9,13,15H,3-5,8H2,1-2H3,(H,16,17). The molecule has 0 aromatic heterocycles. The predicted molar refractivity (Wildman–Crippen MR) is 69.2 cm³/mol. The molecule has 1 aliphatic rings. The maximum Gasteiger partial charge on any atom is 0.251 e. The molecule has 0 bridgehead atoms. The fraction of sp³-hybridized carbons (Fsp3) is 0.500. The summed E-state index contributed by atoms with van der Waals surface area (Å²) in [5, 5.41) is 6.22. The van der Waals surface area contributed by atoms with Gasteiger partial charge in [0, 0.05) is 18.2 Å². The molecular weight excluding hydrogens is 212 g/mol. The van der Waals surface area contributed by atoms with Gasteiger partial charge in [-0.2, -0.15) is 0 Å². The molecule has 0 saturated carbocycles. The van der Waals surface area contributed by atoms with Crippen molar-refractivity contribution in [3.8, 4) is 0 Å². The van der Waals surface area contributed by atoms with Crippen LogP contribution >= 0.6 is 0 Å². The van der Waals surface area contributed by atoms with E-state index in [0.717, 1.165) is 31.4 Å². The molecular formula is C14H20N2O. The molecule has 0 saturated heterocycles. The summed E-state index contributed by atoms with van der Waals surface area (Å²) in [6, 6.07) is 6.62. The normalized spacial score (nSPS) is 16.9. The number of fused-ring (bicyclic) bond motifs is 1. The largest absolute Gasteiger partial charge is 0.352 e. The summed E-state index contributed by atoms with van der Waals surface area (Å²) in [6.45, 7) is 2.93. The first-order valence-corrected chi connectivity index (χ1v) is 6.34. The first-order chi connectivity index (χ1) is 8.26. The maximum absolute atomic E-state index is 11.9. The Hall–Kier alpha value is -1.35. The molecule has 1 atom stereocenters. The molecule has 17 heavy (non-hydrogen) atoms. The second kappa shape index (κ2) is 5.32. The lowest BCUT2D eigenvalue weighted by Gasteiger charge is -2.16. The minimum Gasteiger partial charge on any atom is -0.352 e. The quantitative estimate of drug-likeness (QED) is 0.837. The van der Waals surface area contributed by atoms with E-state index in [1.807, 2.05) is 13.1 Å². The van der Waals surface area contributed by atoms with Crippen molar-refractivity contribution in [2.75, 3.05) is 13.6 Å². The van der Waals surface area contributed by atoms with Gasteiger partial charge in [0.2, 0.25) is 0 Å². The molecule has 2 rings (SSSR count). The number of nitrogens with one attached hydrogen (secondary N) is 2. The zero-order valence-electron chi connectivity index (χ0n) is 10.5. The molecule has 1 heterocycles. The highest BCUT2D eigenvalue weighted by atomic mass is 16.1.